The summed E-state index contributed by atoms with van der Waals surface area (Å²) < 4.78 is 0. The topological polar surface area (TPSA) is 15.3 Å². The summed E-state index contributed by atoms with van der Waals surface area (Å²) in [6.07, 6.45) is 2.64. The molecule has 1 heterocycles. The Bertz CT molecular complexity index is 163. The summed E-state index contributed by atoms with van der Waals surface area (Å²) >= 11 is 0. The summed E-state index contributed by atoms with van der Waals surface area (Å²) in [5.41, 5.74) is 0.634. The van der Waals surface area contributed by atoms with Crippen LogP contribution in [0, 0.1) is 0 Å². The Balaban J connectivity index is 2.48. The van der Waals surface area contributed by atoms with E-state index in [1.54, 1.807) is 0 Å². The van der Waals surface area contributed by atoms with E-state index < -0.39 is 0 Å². The first-order valence-electron chi connectivity index (χ1n) is 5.30. The van der Waals surface area contributed by atoms with E-state index in [4.69, 9.17) is 0 Å². The van der Waals surface area contributed by atoms with Crippen LogP contribution in [0.3, 0.4) is 0 Å². The van der Waals surface area contributed by atoms with Gasteiger partial charge in [0.05, 0.1) is 0 Å². The highest BCUT2D eigenvalue weighted by Crippen LogP contribution is 2.22. The van der Waals surface area contributed by atoms with Crippen LogP contribution in [-0.4, -0.2) is 36.1 Å². The van der Waals surface area contributed by atoms with Gasteiger partial charge in [0.15, 0.2) is 0 Å². The zero-order valence-corrected chi connectivity index (χ0v) is 9.78. The lowest BCUT2D eigenvalue weighted by molar-refractivity contribution is 0.133. The largest absolute Gasteiger partial charge is 0.310 e. The maximum absolute atomic E-state index is 3.59. The molecule has 0 saturated carbocycles. The van der Waals surface area contributed by atoms with Gasteiger partial charge in [0, 0.05) is 17.6 Å². The normalized spacial score (nSPS) is 30.0. The summed E-state index contributed by atoms with van der Waals surface area (Å²) in [7, 11) is 2.21. The summed E-state index contributed by atoms with van der Waals surface area (Å²) in [4.78, 5) is 2.44. The zero-order chi connectivity index (χ0) is 10.1. The first kappa shape index (κ1) is 11.0. The van der Waals surface area contributed by atoms with Crippen LogP contribution in [0.1, 0.15) is 40.5 Å². The second-order valence-corrected chi connectivity index (χ2v) is 5.62. The fraction of sp³-hybridized carbons (Fsp3) is 1.00. The summed E-state index contributed by atoms with van der Waals surface area (Å²) in [6, 6.07) is 0. The van der Waals surface area contributed by atoms with Gasteiger partial charge in [-0.15, -0.1) is 0 Å². The molecule has 78 valence electrons. The SMILES string of the molecule is CN(CC1(C)CCCN1)C(C)(C)C. The number of likely N-dealkylation sites (N-methyl/N-ethyl adjacent to an activating group) is 1. The number of nitrogens with one attached hydrogen (secondary N) is 1. The maximum Gasteiger partial charge on any atom is 0.0280 e. The van der Waals surface area contributed by atoms with E-state index in [1.165, 1.54) is 19.4 Å². The van der Waals surface area contributed by atoms with Crippen LogP contribution in [0.2, 0.25) is 0 Å². The minimum absolute atomic E-state index is 0.285. The van der Waals surface area contributed by atoms with Gasteiger partial charge in [-0.3, -0.25) is 4.90 Å². The van der Waals surface area contributed by atoms with Crippen molar-refractivity contribution >= 4 is 0 Å². The molecule has 1 atom stereocenters. The van der Waals surface area contributed by atoms with Crippen molar-refractivity contribution in [1.82, 2.24) is 10.2 Å². The average Bonchev–Trinajstić information content (AvgIpc) is 2.33. The minimum Gasteiger partial charge on any atom is -0.310 e. The van der Waals surface area contributed by atoms with Crippen molar-refractivity contribution in [3.05, 3.63) is 0 Å². The Kier molecular flexibility index (Phi) is 3.03. The fourth-order valence-corrected chi connectivity index (χ4v) is 1.85. The Morgan fingerprint density at radius 2 is 2.00 bits per heavy atom. The Labute approximate surface area is 82.7 Å². The van der Waals surface area contributed by atoms with Gasteiger partial charge >= 0.3 is 0 Å². The average molecular weight is 184 g/mol. The third-order valence-electron chi connectivity index (χ3n) is 3.19. The van der Waals surface area contributed by atoms with E-state index in [2.05, 4.69) is 45.0 Å². The van der Waals surface area contributed by atoms with Gasteiger partial charge in [-0.1, -0.05) is 0 Å². The summed E-state index contributed by atoms with van der Waals surface area (Å²) in [6.45, 7) is 11.5. The standard InChI is InChI=1S/C11H24N2/c1-10(2,3)13(5)9-11(4)7-6-8-12-11/h12H,6-9H2,1-5H3. The summed E-state index contributed by atoms with van der Waals surface area (Å²) in [5, 5.41) is 3.59. The lowest BCUT2D eigenvalue weighted by Crippen LogP contribution is -2.51. The third-order valence-corrected chi connectivity index (χ3v) is 3.19. The molecule has 1 aliphatic heterocycles. The number of nitrogens with zero attached hydrogens (tertiary/aromatic N) is 1. The van der Waals surface area contributed by atoms with E-state index >= 15 is 0 Å². The molecule has 2 heteroatoms. The molecular formula is C11H24N2. The van der Waals surface area contributed by atoms with Crippen LogP contribution >= 0.6 is 0 Å². The molecule has 1 saturated heterocycles. The second-order valence-electron chi connectivity index (χ2n) is 5.62. The first-order chi connectivity index (χ1) is 5.83. The van der Waals surface area contributed by atoms with Crippen molar-refractivity contribution in [3.8, 4) is 0 Å². The monoisotopic (exact) mass is 184 g/mol. The van der Waals surface area contributed by atoms with Crippen molar-refractivity contribution in [1.29, 1.82) is 0 Å². The quantitative estimate of drug-likeness (QED) is 0.704. The molecule has 1 unspecified atom stereocenters. The van der Waals surface area contributed by atoms with E-state index in [0.717, 1.165) is 6.54 Å². The van der Waals surface area contributed by atoms with Crippen LogP contribution < -0.4 is 5.32 Å². The zero-order valence-electron chi connectivity index (χ0n) is 9.78. The molecule has 0 amide bonds. The van der Waals surface area contributed by atoms with Crippen LogP contribution in [0.15, 0.2) is 0 Å². The van der Waals surface area contributed by atoms with E-state index in [0.29, 0.717) is 5.54 Å². The Morgan fingerprint density at radius 1 is 1.38 bits per heavy atom. The van der Waals surface area contributed by atoms with Crippen LogP contribution in [0.5, 0.6) is 0 Å². The van der Waals surface area contributed by atoms with Crippen LogP contribution in [0.25, 0.3) is 0 Å². The molecule has 1 fully saturated rings. The smallest absolute Gasteiger partial charge is 0.0280 e. The number of hydrogen-bond donors (Lipinski definition) is 1. The molecule has 1 aliphatic rings. The van der Waals surface area contributed by atoms with Crippen molar-refractivity contribution in [2.75, 3.05) is 20.1 Å². The van der Waals surface area contributed by atoms with Gasteiger partial charge in [0.1, 0.15) is 0 Å². The summed E-state index contributed by atoms with van der Waals surface area (Å²) in [5.74, 6) is 0. The van der Waals surface area contributed by atoms with E-state index in [-0.39, 0.29) is 5.54 Å². The molecular weight excluding hydrogens is 160 g/mol. The Morgan fingerprint density at radius 3 is 2.38 bits per heavy atom. The van der Waals surface area contributed by atoms with Crippen molar-refractivity contribution in [2.24, 2.45) is 0 Å². The van der Waals surface area contributed by atoms with Crippen molar-refractivity contribution in [2.45, 2.75) is 51.6 Å². The molecule has 13 heavy (non-hydrogen) atoms. The third kappa shape index (κ3) is 2.96. The first-order valence-corrected chi connectivity index (χ1v) is 5.30. The van der Waals surface area contributed by atoms with Gasteiger partial charge in [0.25, 0.3) is 0 Å². The van der Waals surface area contributed by atoms with Gasteiger partial charge in [-0.25, -0.2) is 0 Å². The van der Waals surface area contributed by atoms with Gasteiger partial charge in [-0.2, -0.15) is 0 Å². The predicted molar refractivity (Wildman–Crippen MR) is 58.0 cm³/mol. The van der Waals surface area contributed by atoms with Crippen molar-refractivity contribution in [3.63, 3.8) is 0 Å². The van der Waals surface area contributed by atoms with Crippen molar-refractivity contribution < 1.29 is 0 Å². The lowest BCUT2D eigenvalue weighted by atomic mass is 9.97. The maximum atomic E-state index is 3.59. The fourth-order valence-electron chi connectivity index (χ4n) is 1.85. The number of rotatable bonds is 2. The highest BCUT2D eigenvalue weighted by molar-refractivity contribution is 4.92. The molecule has 0 spiro atoms. The van der Waals surface area contributed by atoms with Gasteiger partial charge in [0.2, 0.25) is 0 Å². The molecule has 0 aromatic rings. The molecule has 0 aromatic carbocycles. The highest BCUT2D eigenvalue weighted by atomic mass is 15.2. The lowest BCUT2D eigenvalue weighted by Gasteiger charge is -2.38. The molecule has 1 N–H and O–H groups in total. The van der Waals surface area contributed by atoms with E-state index in [9.17, 15) is 0 Å². The highest BCUT2D eigenvalue weighted by Gasteiger charge is 2.31. The van der Waals surface area contributed by atoms with Gasteiger partial charge < -0.3 is 5.32 Å². The second kappa shape index (κ2) is 3.58. The molecule has 0 aromatic heterocycles. The van der Waals surface area contributed by atoms with Crippen LogP contribution in [-0.2, 0) is 0 Å². The Hall–Kier alpha value is -0.0800. The van der Waals surface area contributed by atoms with Crippen LogP contribution in [0.4, 0.5) is 0 Å². The van der Waals surface area contributed by atoms with Gasteiger partial charge in [-0.05, 0) is 54.1 Å². The number of hydrogen-bond acceptors (Lipinski definition) is 2. The molecule has 0 aliphatic carbocycles. The molecule has 0 bridgehead atoms. The minimum atomic E-state index is 0.285. The van der Waals surface area contributed by atoms with E-state index in [1.807, 2.05) is 0 Å². The molecule has 1 rings (SSSR count). The molecule has 0 radical (unpaired) electrons. The predicted octanol–water partition coefficient (Wildman–Crippen LogP) is 1.86. The molecule has 2 nitrogen and oxygen atoms in total.